The second kappa shape index (κ2) is 8.95. The molecule has 4 N–H and O–H groups in total. The van der Waals surface area contributed by atoms with Crippen LogP contribution in [0.25, 0.3) is 27.8 Å². The van der Waals surface area contributed by atoms with Gasteiger partial charge in [0.25, 0.3) is 0 Å². The Morgan fingerprint density at radius 1 is 1.17 bits per heavy atom. The van der Waals surface area contributed by atoms with Crippen molar-refractivity contribution in [2.45, 2.75) is 38.5 Å². The number of hydrogen-bond donors (Lipinski definition) is 3. The van der Waals surface area contributed by atoms with Crippen molar-refractivity contribution in [2.75, 3.05) is 11.1 Å². The number of imidazole rings is 1. The number of nitrogens with one attached hydrogen (secondary N) is 2. The van der Waals surface area contributed by atoms with E-state index in [1.54, 1.807) is 12.4 Å². The van der Waals surface area contributed by atoms with E-state index in [-0.39, 0.29) is 17.7 Å². The zero-order valence-electron chi connectivity index (χ0n) is 19.8. The number of carbonyl (C=O) groups is 1. The van der Waals surface area contributed by atoms with E-state index in [0.29, 0.717) is 10.8 Å². The summed E-state index contributed by atoms with van der Waals surface area (Å²) in [6.07, 6.45) is 8.63. The van der Waals surface area contributed by atoms with Crippen LogP contribution < -0.4 is 11.1 Å². The molecule has 0 bridgehead atoms. The van der Waals surface area contributed by atoms with E-state index < -0.39 is 0 Å². The number of pyridine rings is 1. The van der Waals surface area contributed by atoms with Gasteiger partial charge in [-0.3, -0.25) is 14.2 Å². The predicted octanol–water partition coefficient (Wildman–Crippen LogP) is 5.73. The normalized spacial score (nSPS) is 18.1. The number of halogens is 1. The zero-order valence-corrected chi connectivity index (χ0v) is 20.6. The summed E-state index contributed by atoms with van der Waals surface area (Å²) in [5, 5.41) is 4.68. The molecule has 0 atom stereocenters. The van der Waals surface area contributed by atoms with Crippen LogP contribution in [0.1, 0.15) is 43.1 Å². The van der Waals surface area contributed by atoms with Crippen molar-refractivity contribution in [1.29, 1.82) is 0 Å². The molecular weight excluding hydrogens is 474 g/mol. The third-order valence-electron chi connectivity index (χ3n) is 7.11. The Morgan fingerprint density at radius 2 is 2.00 bits per heavy atom. The average molecular weight is 500 g/mol. The molecule has 1 aliphatic carbocycles. The lowest BCUT2D eigenvalue weighted by Gasteiger charge is -2.27. The summed E-state index contributed by atoms with van der Waals surface area (Å²) in [5.41, 5.74) is 11.2. The first kappa shape index (κ1) is 22.5. The van der Waals surface area contributed by atoms with Crippen molar-refractivity contribution < 1.29 is 4.79 Å². The molecule has 0 radical (unpaired) electrons. The van der Waals surface area contributed by atoms with Gasteiger partial charge in [0, 0.05) is 35.3 Å². The van der Waals surface area contributed by atoms with Crippen LogP contribution in [-0.2, 0) is 4.79 Å². The second-order valence-corrected chi connectivity index (χ2v) is 9.87. The maximum atomic E-state index is 12.9. The molecule has 0 spiro atoms. The fourth-order valence-corrected chi connectivity index (χ4v) is 5.44. The number of anilines is 2. The standard InChI is InChI=1S/C27H26ClN7O/c1-15-5-10-19(14-31-15)32-27(36)17-8-6-16(7-9-17)26-34-23(24-25(29)30-11-12-35(24)26)21-13-18-3-2-4-20(28)22(18)33-21/h2-5,10-14,16-17,33H,6-9H2,1H3,(H2,29,30)(H,32,36). The minimum Gasteiger partial charge on any atom is -0.382 e. The smallest absolute Gasteiger partial charge is 0.227 e. The van der Waals surface area contributed by atoms with Gasteiger partial charge in [-0.05, 0) is 56.9 Å². The van der Waals surface area contributed by atoms with Gasteiger partial charge in [-0.1, -0.05) is 23.7 Å². The second-order valence-electron chi connectivity index (χ2n) is 9.46. The number of aromatic nitrogens is 5. The number of benzene rings is 1. The SMILES string of the molecule is Cc1ccc(NC(=O)C2CCC(c3nc(-c4cc5cccc(Cl)c5[nH]4)c4c(N)nccn34)CC2)cn1. The molecule has 1 fully saturated rings. The van der Waals surface area contributed by atoms with Crippen molar-refractivity contribution in [1.82, 2.24) is 24.3 Å². The Morgan fingerprint density at radius 3 is 2.75 bits per heavy atom. The number of fused-ring (bicyclic) bond motifs is 2. The van der Waals surface area contributed by atoms with Gasteiger partial charge in [0.15, 0.2) is 0 Å². The van der Waals surface area contributed by atoms with Gasteiger partial charge in [0.2, 0.25) is 5.91 Å². The van der Waals surface area contributed by atoms with Crippen molar-refractivity contribution >= 4 is 45.4 Å². The summed E-state index contributed by atoms with van der Waals surface area (Å²) >= 11 is 6.40. The van der Waals surface area contributed by atoms with Gasteiger partial charge in [-0.25, -0.2) is 9.97 Å². The number of carbonyl (C=O) groups excluding carboxylic acids is 1. The van der Waals surface area contributed by atoms with E-state index in [4.69, 9.17) is 22.3 Å². The molecule has 1 aromatic carbocycles. The van der Waals surface area contributed by atoms with Crippen molar-refractivity contribution in [2.24, 2.45) is 5.92 Å². The van der Waals surface area contributed by atoms with E-state index in [0.717, 1.165) is 70.7 Å². The van der Waals surface area contributed by atoms with Crippen molar-refractivity contribution in [3.8, 4) is 11.4 Å². The van der Waals surface area contributed by atoms with E-state index in [2.05, 4.69) is 20.3 Å². The van der Waals surface area contributed by atoms with Crippen LogP contribution in [0.3, 0.4) is 0 Å². The Labute approximate surface area is 212 Å². The highest BCUT2D eigenvalue weighted by Crippen LogP contribution is 2.39. The van der Waals surface area contributed by atoms with Gasteiger partial charge >= 0.3 is 0 Å². The summed E-state index contributed by atoms with van der Waals surface area (Å²) in [7, 11) is 0. The van der Waals surface area contributed by atoms with Crippen LogP contribution in [-0.4, -0.2) is 30.2 Å². The molecule has 0 aliphatic heterocycles. The van der Waals surface area contributed by atoms with Crippen molar-refractivity contribution in [3.63, 3.8) is 0 Å². The van der Waals surface area contributed by atoms with Gasteiger partial charge in [-0.2, -0.15) is 0 Å². The lowest BCUT2D eigenvalue weighted by atomic mass is 9.81. The number of para-hydroxylation sites is 1. The molecule has 6 rings (SSSR count). The third kappa shape index (κ3) is 3.97. The molecule has 182 valence electrons. The van der Waals surface area contributed by atoms with Crippen molar-refractivity contribution in [3.05, 3.63) is 71.5 Å². The number of aromatic amines is 1. The Balaban J connectivity index is 1.27. The Bertz CT molecular complexity index is 1580. The molecule has 1 aliphatic rings. The lowest BCUT2D eigenvalue weighted by Crippen LogP contribution is -2.27. The molecule has 9 heteroatoms. The van der Waals surface area contributed by atoms with E-state index in [9.17, 15) is 4.79 Å². The molecule has 1 saturated carbocycles. The maximum absolute atomic E-state index is 12.9. The number of amides is 1. The predicted molar refractivity (Wildman–Crippen MR) is 142 cm³/mol. The number of hydrogen-bond acceptors (Lipinski definition) is 5. The summed E-state index contributed by atoms with van der Waals surface area (Å²) in [4.78, 5) is 29.9. The first-order chi connectivity index (χ1) is 17.5. The number of nitrogens with two attached hydrogens (primary N) is 1. The zero-order chi connectivity index (χ0) is 24.8. The Hall–Kier alpha value is -3.91. The number of rotatable bonds is 4. The highest BCUT2D eigenvalue weighted by atomic mass is 35.5. The minimum atomic E-state index is -0.0316. The molecule has 0 unspecified atom stereocenters. The van der Waals surface area contributed by atoms with Gasteiger partial charge < -0.3 is 16.0 Å². The summed E-state index contributed by atoms with van der Waals surface area (Å²) in [6.45, 7) is 1.93. The molecule has 8 nitrogen and oxygen atoms in total. The molecule has 1 amide bonds. The van der Waals surface area contributed by atoms with E-state index in [1.807, 2.05) is 53.9 Å². The van der Waals surface area contributed by atoms with Crippen LogP contribution >= 0.6 is 11.6 Å². The first-order valence-corrected chi connectivity index (χ1v) is 12.5. The quantitative estimate of drug-likeness (QED) is 0.292. The van der Waals surface area contributed by atoms with Crippen LogP contribution in [0, 0.1) is 12.8 Å². The van der Waals surface area contributed by atoms with E-state index >= 15 is 0 Å². The molecule has 5 aromatic rings. The largest absolute Gasteiger partial charge is 0.382 e. The fourth-order valence-electron chi connectivity index (χ4n) is 5.21. The van der Waals surface area contributed by atoms with Gasteiger partial charge in [0.05, 0.1) is 28.1 Å². The minimum absolute atomic E-state index is 0.0316. The molecule has 0 saturated heterocycles. The maximum Gasteiger partial charge on any atom is 0.227 e. The van der Waals surface area contributed by atoms with Crippen LogP contribution in [0.4, 0.5) is 11.5 Å². The van der Waals surface area contributed by atoms with Crippen LogP contribution in [0.5, 0.6) is 0 Å². The third-order valence-corrected chi connectivity index (χ3v) is 7.43. The fraction of sp³-hybridized carbons (Fsp3) is 0.259. The van der Waals surface area contributed by atoms with Gasteiger partial charge in [0.1, 0.15) is 22.9 Å². The first-order valence-electron chi connectivity index (χ1n) is 12.1. The molecular formula is C27H26ClN7O. The number of nitrogen functional groups attached to an aromatic ring is 1. The summed E-state index contributed by atoms with van der Waals surface area (Å²) in [6, 6.07) is 11.6. The summed E-state index contributed by atoms with van der Waals surface area (Å²) < 4.78 is 2.05. The number of H-pyrrole nitrogens is 1. The molecule has 4 aromatic heterocycles. The molecule has 4 heterocycles. The highest BCUT2D eigenvalue weighted by Gasteiger charge is 2.31. The average Bonchev–Trinajstić information content (AvgIpc) is 3.49. The Kier molecular flexibility index (Phi) is 5.60. The monoisotopic (exact) mass is 499 g/mol. The lowest BCUT2D eigenvalue weighted by molar-refractivity contribution is -0.120. The summed E-state index contributed by atoms with van der Waals surface area (Å²) in [5.74, 6) is 1.61. The topological polar surface area (TPSA) is 114 Å². The van der Waals surface area contributed by atoms with Gasteiger partial charge in [-0.15, -0.1) is 0 Å². The molecule has 36 heavy (non-hydrogen) atoms. The van der Waals surface area contributed by atoms with E-state index in [1.165, 1.54) is 0 Å². The highest BCUT2D eigenvalue weighted by molar-refractivity contribution is 6.35. The van der Waals surface area contributed by atoms with Crippen LogP contribution in [0.15, 0.2) is 55.0 Å². The number of nitrogens with zero attached hydrogens (tertiary/aromatic N) is 4. The number of aryl methyl sites for hydroxylation is 1. The van der Waals surface area contributed by atoms with Crippen LogP contribution in [0.2, 0.25) is 5.02 Å².